The van der Waals surface area contributed by atoms with Gasteiger partial charge in [0.05, 0.1) is 0 Å². The molecular formula is C15H27NO3. The average molecular weight is 269 g/mol. The molecule has 1 aliphatic rings. The van der Waals surface area contributed by atoms with Gasteiger partial charge in [-0.05, 0) is 12.8 Å². The van der Waals surface area contributed by atoms with Crippen LogP contribution in [0.2, 0.25) is 0 Å². The Kier molecular flexibility index (Phi) is 7.53. The highest BCUT2D eigenvalue weighted by Crippen LogP contribution is 2.22. The number of nitrogens with zero attached hydrogens (tertiary/aromatic N) is 1. The van der Waals surface area contributed by atoms with E-state index >= 15 is 0 Å². The number of aliphatic carboxylic acids is 1. The first-order valence-electron chi connectivity index (χ1n) is 7.58. The SMILES string of the molecule is CN(CC(=O)O)C(=O)C1CCCCCCCCCC1. The predicted molar refractivity (Wildman–Crippen MR) is 74.9 cm³/mol. The van der Waals surface area contributed by atoms with Crippen LogP contribution in [-0.4, -0.2) is 35.5 Å². The van der Waals surface area contributed by atoms with Crippen molar-refractivity contribution in [1.82, 2.24) is 4.90 Å². The highest BCUT2D eigenvalue weighted by molar-refractivity contribution is 5.82. The normalized spacial score (nSPS) is 19.4. The number of carboxylic acid groups (broad SMARTS) is 1. The monoisotopic (exact) mass is 269 g/mol. The van der Waals surface area contributed by atoms with Gasteiger partial charge >= 0.3 is 5.97 Å². The number of rotatable bonds is 3. The summed E-state index contributed by atoms with van der Waals surface area (Å²) < 4.78 is 0. The van der Waals surface area contributed by atoms with Crippen LogP contribution in [0.25, 0.3) is 0 Å². The molecule has 0 atom stereocenters. The van der Waals surface area contributed by atoms with E-state index in [0.717, 1.165) is 25.7 Å². The van der Waals surface area contributed by atoms with E-state index in [1.807, 2.05) is 0 Å². The molecule has 1 aliphatic carbocycles. The van der Waals surface area contributed by atoms with Crippen LogP contribution in [0, 0.1) is 5.92 Å². The molecule has 0 unspecified atom stereocenters. The smallest absolute Gasteiger partial charge is 0.323 e. The minimum absolute atomic E-state index is 0.0154. The number of carbonyl (C=O) groups excluding carboxylic acids is 1. The maximum atomic E-state index is 12.2. The van der Waals surface area contributed by atoms with Crippen LogP contribution in [0.1, 0.15) is 64.2 Å². The van der Waals surface area contributed by atoms with Crippen molar-refractivity contribution >= 4 is 11.9 Å². The number of likely N-dealkylation sites (N-methyl/N-ethyl adjacent to an activating group) is 1. The van der Waals surface area contributed by atoms with E-state index in [1.54, 1.807) is 7.05 Å². The fraction of sp³-hybridized carbons (Fsp3) is 0.867. The predicted octanol–water partition coefficient (Wildman–Crippen LogP) is 3.06. The van der Waals surface area contributed by atoms with Crippen LogP contribution >= 0.6 is 0 Å². The number of hydrogen-bond donors (Lipinski definition) is 1. The van der Waals surface area contributed by atoms with Crippen molar-refractivity contribution in [2.75, 3.05) is 13.6 Å². The molecule has 110 valence electrons. The summed E-state index contributed by atoms with van der Waals surface area (Å²) in [5.74, 6) is -0.892. The van der Waals surface area contributed by atoms with Crippen LogP contribution in [0.3, 0.4) is 0 Å². The number of hydrogen-bond acceptors (Lipinski definition) is 2. The van der Waals surface area contributed by atoms with E-state index in [4.69, 9.17) is 5.11 Å². The standard InChI is InChI=1S/C15H27NO3/c1-16(12-14(17)18)15(19)13-10-8-6-4-2-3-5-7-9-11-13/h13H,2-12H2,1H3,(H,17,18). The molecule has 0 spiro atoms. The minimum atomic E-state index is -0.937. The van der Waals surface area contributed by atoms with Gasteiger partial charge in [0, 0.05) is 13.0 Å². The molecule has 1 saturated carbocycles. The zero-order valence-corrected chi connectivity index (χ0v) is 12.1. The van der Waals surface area contributed by atoms with E-state index in [-0.39, 0.29) is 18.4 Å². The van der Waals surface area contributed by atoms with Gasteiger partial charge in [-0.15, -0.1) is 0 Å². The summed E-state index contributed by atoms with van der Waals surface area (Å²) >= 11 is 0. The summed E-state index contributed by atoms with van der Waals surface area (Å²) in [7, 11) is 1.60. The molecule has 0 saturated heterocycles. The van der Waals surface area contributed by atoms with Gasteiger partial charge in [-0.25, -0.2) is 0 Å². The fourth-order valence-corrected chi connectivity index (χ4v) is 2.83. The zero-order chi connectivity index (χ0) is 14.1. The lowest BCUT2D eigenvalue weighted by Crippen LogP contribution is -2.36. The maximum absolute atomic E-state index is 12.2. The number of amides is 1. The molecule has 1 fully saturated rings. The van der Waals surface area contributed by atoms with Crippen molar-refractivity contribution < 1.29 is 14.7 Å². The zero-order valence-electron chi connectivity index (χ0n) is 12.1. The van der Waals surface area contributed by atoms with Crippen molar-refractivity contribution in [3.05, 3.63) is 0 Å². The van der Waals surface area contributed by atoms with Gasteiger partial charge in [0.15, 0.2) is 0 Å². The molecule has 1 rings (SSSR count). The summed E-state index contributed by atoms with van der Waals surface area (Å²) in [4.78, 5) is 24.3. The second kappa shape index (κ2) is 8.94. The maximum Gasteiger partial charge on any atom is 0.323 e. The lowest BCUT2D eigenvalue weighted by Gasteiger charge is -2.22. The lowest BCUT2D eigenvalue weighted by atomic mass is 9.94. The van der Waals surface area contributed by atoms with Gasteiger partial charge < -0.3 is 10.0 Å². The van der Waals surface area contributed by atoms with Crippen LogP contribution in [0.15, 0.2) is 0 Å². The molecule has 4 nitrogen and oxygen atoms in total. The average Bonchev–Trinajstić information content (AvgIpc) is 2.42. The molecule has 0 aliphatic heterocycles. The quantitative estimate of drug-likeness (QED) is 0.856. The van der Waals surface area contributed by atoms with Gasteiger partial charge in [-0.3, -0.25) is 9.59 Å². The highest BCUT2D eigenvalue weighted by Gasteiger charge is 2.22. The molecule has 1 N–H and O–H groups in total. The van der Waals surface area contributed by atoms with Crippen molar-refractivity contribution in [1.29, 1.82) is 0 Å². The van der Waals surface area contributed by atoms with Crippen molar-refractivity contribution in [2.24, 2.45) is 5.92 Å². The molecule has 0 heterocycles. The Balaban J connectivity index is 2.49. The molecule has 0 aromatic heterocycles. The number of carbonyl (C=O) groups is 2. The van der Waals surface area contributed by atoms with Crippen LogP contribution in [-0.2, 0) is 9.59 Å². The van der Waals surface area contributed by atoms with Gasteiger partial charge in [-0.1, -0.05) is 51.4 Å². The second-order valence-corrected chi connectivity index (χ2v) is 5.69. The topological polar surface area (TPSA) is 57.6 Å². The van der Waals surface area contributed by atoms with Crippen molar-refractivity contribution in [2.45, 2.75) is 64.2 Å². The first-order valence-corrected chi connectivity index (χ1v) is 7.58. The van der Waals surface area contributed by atoms with E-state index in [9.17, 15) is 9.59 Å². The highest BCUT2D eigenvalue weighted by atomic mass is 16.4. The Morgan fingerprint density at radius 2 is 1.37 bits per heavy atom. The summed E-state index contributed by atoms with van der Waals surface area (Å²) in [6.45, 7) is -0.185. The van der Waals surface area contributed by atoms with E-state index < -0.39 is 5.97 Å². The van der Waals surface area contributed by atoms with Crippen LogP contribution < -0.4 is 0 Å². The molecule has 0 aromatic rings. The van der Waals surface area contributed by atoms with E-state index in [2.05, 4.69) is 0 Å². The molecular weight excluding hydrogens is 242 g/mol. The Morgan fingerprint density at radius 3 is 1.79 bits per heavy atom. The Bertz CT molecular complexity index is 279. The number of carboxylic acids is 1. The summed E-state index contributed by atoms with van der Waals surface area (Å²) in [6, 6.07) is 0. The van der Waals surface area contributed by atoms with Gasteiger partial charge in [-0.2, -0.15) is 0 Å². The Labute approximate surface area is 116 Å². The molecule has 0 aromatic carbocycles. The van der Waals surface area contributed by atoms with Gasteiger partial charge in [0.25, 0.3) is 0 Å². The van der Waals surface area contributed by atoms with Crippen molar-refractivity contribution in [3.8, 4) is 0 Å². The van der Waals surface area contributed by atoms with Gasteiger partial charge in [0.1, 0.15) is 6.54 Å². The summed E-state index contributed by atoms with van der Waals surface area (Å²) in [5.41, 5.74) is 0. The Hall–Kier alpha value is -1.06. The van der Waals surface area contributed by atoms with Crippen LogP contribution in [0.4, 0.5) is 0 Å². The lowest BCUT2D eigenvalue weighted by molar-refractivity contribution is -0.145. The first kappa shape index (κ1) is 16.0. The third-order valence-corrected chi connectivity index (χ3v) is 3.95. The van der Waals surface area contributed by atoms with Crippen LogP contribution in [0.5, 0.6) is 0 Å². The van der Waals surface area contributed by atoms with E-state index in [1.165, 1.54) is 43.4 Å². The molecule has 0 radical (unpaired) electrons. The molecule has 19 heavy (non-hydrogen) atoms. The first-order chi connectivity index (χ1) is 9.11. The Morgan fingerprint density at radius 1 is 0.947 bits per heavy atom. The summed E-state index contributed by atoms with van der Waals surface area (Å²) in [6.07, 6.45) is 11.6. The molecule has 1 amide bonds. The summed E-state index contributed by atoms with van der Waals surface area (Å²) in [5, 5.41) is 8.76. The third-order valence-electron chi connectivity index (χ3n) is 3.95. The van der Waals surface area contributed by atoms with Gasteiger partial charge in [0.2, 0.25) is 5.91 Å². The minimum Gasteiger partial charge on any atom is -0.480 e. The largest absolute Gasteiger partial charge is 0.480 e. The molecule has 0 bridgehead atoms. The van der Waals surface area contributed by atoms with E-state index in [0.29, 0.717) is 0 Å². The second-order valence-electron chi connectivity index (χ2n) is 5.69. The third kappa shape index (κ3) is 6.60. The molecule has 4 heteroatoms. The van der Waals surface area contributed by atoms with Crippen molar-refractivity contribution in [3.63, 3.8) is 0 Å². The fourth-order valence-electron chi connectivity index (χ4n) is 2.83.